The van der Waals surface area contributed by atoms with Gasteiger partial charge in [-0.1, -0.05) is 0 Å². The van der Waals surface area contributed by atoms with E-state index in [2.05, 4.69) is 15.2 Å². The Morgan fingerprint density at radius 1 is 1.16 bits per heavy atom. The van der Waals surface area contributed by atoms with Crippen molar-refractivity contribution in [3.63, 3.8) is 0 Å². The molecule has 0 saturated heterocycles. The zero-order chi connectivity index (χ0) is 18.0. The molecule has 0 aliphatic heterocycles. The molecular weight excluding hydrogens is 322 g/mol. The summed E-state index contributed by atoms with van der Waals surface area (Å²) in [5, 5.41) is 8.00. The molecule has 0 saturated carbocycles. The third-order valence-electron chi connectivity index (χ3n) is 3.71. The van der Waals surface area contributed by atoms with Crippen molar-refractivity contribution >= 4 is 16.9 Å². The van der Waals surface area contributed by atoms with Crippen molar-refractivity contribution < 1.29 is 14.2 Å². The fourth-order valence-corrected chi connectivity index (χ4v) is 2.58. The summed E-state index contributed by atoms with van der Waals surface area (Å²) in [5.74, 6) is 2.13. The van der Waals surface area contributed by atoms with Crippen molar-refractivity contribution in [1.82, 2.24) is 19.7 Å². The topological polar surface area (TPSA) is 97.3 Å². The molecule has 0 bridgehead atoms. The number of imidazole rings is 1. The van der Waals surface area contributed by atoms with Gasteiger partial charge in [-0.15, -0.1) is 10.2 Å². The second kappa shape index (κ2) is 6.84. The molecule has 8 nitrogen and oxygen atoms in total. The van der Waals surface area contributed by atoms with Gasteiger partial charge in [0.15, 0.2) is 5.82 Å². The fraction of sp³-hybridized carbons (Fsp3) is 0.353. The Morgan fingerprint density at radius 3 is 2.64 bits per heavy atom. The van der Waals surface area contributed by atoms with E-state index in [-0.39, 0.29) is 11.9 Å². The van der Waals surface area contributed by atoms with Crippen LogP contribution in [-0.4, -0.2) is 40.1 Å². The lowest BCUT2D eigenvalue weighted by Crippen LogP contribution is -2.11. The average Bonchev–Trinajstić information content (AvgIpc) is 3.02. The van der Waals surface area contributed by atoms with Crippen LogP contribution < -0.4 is 19.9 Å². The maximum Gasteiger partial charge on any atom is 0.260 e. The minimum Gasteiger partial charge on any atom is -0.497 e. The highest BCUT2D eigenvalue weighted by atomic mass is 16.5. The van der Waals surface area contributed by atoms with Crippen LogP contribution in [0.5, 0.6) is 17.4 Å². The van der Waals surface area contributed by atoms with E-state index in [0.29, 0.717) is 23.5 Å². The summed E-state index contributed by atoms with van der Waals surface area (Å²) in [6.45, 7) is 4.37. The third kappa shape index (κ3) is 3.28. The number of fused-ring (bicyclic) bond motifs is 1. The summed E-state index contributed by atoms with van der Waals surface area (Å²) in [5.41, 5.74) is 8.15. The molecule has 2 heterocycles. The summed E-state index contributed by atoms with van der Waals surface area (Å²) in [4.78, 5) is 4.36. The molecule has 0 atom stereocenters. The van der Waals surface area contributed by atoms with Crippen LogP contribution in [-0.2, 0) is 6.54 Å². The monoisotopic (exact) mass is 343 g/mol. The predicted molar refractivity (Wildman–Crippen MR) is 94.1 cm³/mol. The van der Waals surface area contributed by atoms with Crippen molar-refractivity contribution in [2.24, 2.45) is 0 Å². The molecule has 0 aliphatic rings. The molecule has 0 radical (unpaired) electrons. The van der Waals surface area contributed by atoms with Crippen LogP contribution in [0.2, 0.25) is 0 Å². The van der Waals surface area contributed by atoms with Gasteiger partial charge in [-0.2, -0.15) is 0 Å². The highest BCUT2D eigenvalue weighted by molar-refractivity contribution is 5.88. The van der Waals surface area contributed by atoms with Crippen molar-refractivity contribution in [1.29, 1.82) is 0 Å². The van der Waals surface area contributed by atoms with Crippen LogP contribution >= 0.6 is 0 Å². The normalized spacial score (nSPS) is 11.1. The SMILES string of the molecule is COc1ccc(Cn2cnc3c(N)nnc(OC(C)C)c32)c(OC)c1. The Morgan fingerprint density at radius 2 is 1.96 bits per heavy atom. The van der Waals surface area contributed by atoms with Crippen LogP contribution in [0.15, 0.2) is 24.5 Å². The molecule has 0 spiro atoms. The molecule has 0 fully saturated rings. The Balaban J connectivity index is 2.06. The van der Waals surface area contributed by atoms with Gasteiger partial charge in [-0.25, -0.2) is 4.98 Å². The first-order chi connectivity index (χ1) is 12.0. The second-order valence-corrected chi connectivity index (χ2v) is 5.80. The van der Waals surface area contributed by atoms with E-state index in [1.807, 2.05) is 36.6 Å². The number of nitrogens with two attached hydrogens (primary N) is 1. The van der Waals surface area contributed by atoms with Gasteiger partial charge in [-0.3, -0.25) is 0 Å². The number of rotatable bonds is 6. The lowest BCUT2D eigenvalue weighted by atomic mass is 10.2. The summed E-state index contributed by atoms with van der Waals surface area (Å²) < 4.78 is 18.4. The van der Waals surface area contributed by atoms with E-state index < -0.39 is 0 Å². The van der Waals surface area contributed by atoms with Gasteiger partial charge in [0.05, 0.1) is 33.2 Å². The van der Waals surface area contributed by atoms with Gasteiger partial charge in [0.1, 0.15) is 22.5 Å². The van der Waals surface area contributed by atoms with E-state index in [4.69, 9.17) is 19.9 Å². The molecular formula is C17H21N5O3. The Kier molecular flexibility index (Phi) is 4.60. The number of hydrogen-bond acceptors (Lipinski definition) is 7. The predicted octanol–water partition coefficient (Wildman–Crippen LogP) is 2.26. The molecule has 0 aliphatic carbocycles. The average molecular weight is 343 g/mol. The molecule has 3 aromatic rings. The first-order valence-electron chi connectivity index (χ1n) is 7.88. The molecule has 8 heteroatoms. The van der Waals surface area contributed by atoms with Crippen molar-refractivity contribution in [2.75, 3.05) is 20.0 Å². The molecule has 2 aromatic heterocycles. The number of aromatic nitrogens is 4. The van der Waals surface area contributed by atoms with Crippen LogP contribution in [0.3, 0.4) is 0 Å². The van der Waals surface area contributed by atoms with Crippen molar-refractivity contribution in [3.8, 4) is 17.4 Å². The number of benzene rings is 1. The number of anilines is 1. The molecule has 25 heavy (non-hydrogen) atoms. The van der Waals surface area contributed by atoms with Gasteiger partial charge < -0.3 is 24.5 Å². The van der Waals surface area contributed by atoms with E-state index in [1.165, 1.54) is 0 Å². The third-order valence-corrected chi connectivity index (χ3v) is 3.71. The summed E-state index contributed by atoms with van der Waals surface area (Å²) in [7, 11) is 3.25. The molecule has 3 rings (SSSR count). The first-order valence-corrected chi connectivity index (χ1v) is 7.88. The maximum atomic E-state index is 5.91. The fourth-order valence-electron chi connectivity index (χ4n) is 2.58. The Labute approximate surface area is 145 Å². The first kappa shape index (κ1) is 16.8. The minimum atomic E-state index is -0.0417. The summed E-state index contributed by atoms with van der Waals surface area (Å²) in [6.07, 6.45) is 1.65. The van der Waals surface area contributed by atoms with Crippen LogP contribution in [0, 0.1) is 0 Å². The minimum absolute atomic E-state index is 0.0417. The quantitative estimate of drug-likeness (QED) is 0.733. The van der Waals surface area contributed by atoms with Crippen LogP contribution in [0.1, 0.15) is 19.4 Å². The Bertz CT molecular complexity index is 891. The lowest BCUT2D eigenvalue weighted by molar-refractivity contribution is 0.232. The summed E-state index contributed by atoms with van der Waals surface area (Å²) in [6, 6.07) is 5.68. The van der Waals surface area contributed by atoms with Crippen LogP contribution in [0.25, 0.3) is 11.0 Å². The molecule has 0 unspecified atom stereocenters. The van der Waals surface area contributed by atoms with Crippen LogP contribution in [0.4, 0.5) is 5.82 Å². The van der Waals surface area contributed by atoms with Crippen molar-refractivity contribution in [2.45, 2.75) is 26.5 Å². The lowest BCUT2D eigenvalue weighted by Gasteiger charge is -2.14. The molecule has 132 valence electrons. The smallest absolute Gasteiger partial charge is 0.260 e. The van der Waals surface area contributed by atoms with Gasteiger partial charge in [0.2, 0.25) is 0 Å². The molecule has 2 N–H and O–H groups in total. The van der Waals surface area contributed by atoms with E-state index >= 15 is 0 Å². The van der Waals surface area contributed by atoms with Gasteiger partial charge >= 0.3 is 0 Å². The van der Waals surface area contributed by atoms with E-state index in [0.717, 1.165) is 17.1 Å². The largest absolute Gasteiger partial charge is 0.497 e. The van der Waals surface area contributed by atoms with E-state index in [1.54, 1.807) is 20.5 Å². The van der Waals surface area contributed by atoms with E-state index in [9.17, 15) is 0 Å². The molecule has 1 aromatic carbocycles. The highest BCUT2D eigenvalue weighted by Crippen LogP contribution is 2.30. The number of ether oxygens (including phenoxy) is 3. The van der Waals surface area contributed by atoms with Gasteiger partial charge in [0.25, 0.3) is 5.88 Å². The number of hydrogen-bond donors (Lipinski definition) is 1. The summed E-state index contributed by atoms with van der Waals surface area (Å²) >= 11 is 0. The molecule has 0 amide bonds. The zero-order valence-electron chi connectivity index (χ0n) is 14.7. The zero-order valence-corrected chi connectivity index (χ0v) is 14.7. The Hall–Kier alpha value is -3.03. The van der Waals surface area contributed by atoms with Crippen molar-refractivity contribution in [3.05, 3.63) is 30.1 Å². The maximum absolute atomic E-state index is 5.91. The van der Waals surface area contributed by atoms with Gasteiger partial charge in [-0.05, 0) is 26.0 Å². The standard InChI is InChI=1S/C17H21N5O3/c1-10(2)25-17-15-14(16(18)20-21-17)19-9-22(15)8-11-5-6-12(23-3)7-13(11)24-4/h5-7,9-10H,8H2,1-4H3,(H2,18,20). The highest BCUT2D eigenvalue weighted by Gasteiger charge is 2.17. The number of nitrogens with zero attached hydrogens (tertiary/aromatic N) is 4. The second-order valence-electron chi connectivity index (χ2n) is 5.80. The van der Waals surface area contributed by atoms with Gasteiger partial charge in [0, 0.05) is 11.6 Å². The number of methoxy groups -OCH3 is 2. The number of nitrogen functional groups attached to an aromatic ring is 1.